The van der Waals surface area contributed by atoms with Gasteiger partial charge in [-0.15, -0.1) is 0 Å². The van der Waals surface area contributed by atoms with Gasteiger partial charge < -0.3 is 4.74 Å². The summed E-state index contributed by atoms with van der Waals surface area (Å²) in [6, 6.07) is 20.9. The van der Waals surface area contributed by atoms with Crippen molar-refractivity contribution < 1.29 is 4.74 Å². The molecular formula is C21H20O. The summed E-state index contributed by atoms with van der Waals surface area (Å²) in [4.78, 5) is 0. The first-order chi connectivity index (χ1) is 10.8. The van der Waals surface area contributed by atoms with E-state index in [-0.39, 0.29) is 11.2 Å². The van der Waals surface area contributed by atoms with E-state index in [1.54, 1.807) is 0 Å². The SMILES string of the molecule is C(=C\C12CCCC1(/C=C/c1ccccc1)O2)/c1ccccc1. The second kappa shape index (κ2) is 5.26. The summed E-state index contributed by atoms with van der Waals surface area (Å²) in [5, 5.41) is 0. The predicted octanol–water partition coefficient (Wildman–Crippen LogP) is 5.10. The molecule has 2 fully saturated rings. The lowest BCUT2D eigenvalue weighted by Gasteiger charge is -2.03. The van der Waals surface area contributed by atoms with Crippen molar-refractivity contribution in [2.75, 3.05) is 0 Å². The molecule has 0 aromatic heterocycles. The standard InChI is InChI=1S/C21H20O/c1-3-8-18(9-4-1)12-16-20-14-7-15-21(20,22-20)17-13-19-10-5-2-6-11-19/h1-6,8-13,16-17H,7,14-15H2/b16-12+,17-13+. The molecule has 0 bridgehead atoms. The summed E-state index contributed by atoms with van der Waals surface area (Å²) in [7, 11) is 0. The van der Waals surface area contributed by atoms with Gasteiger partial charge in [-0.1, -0.05) is 72.8 Å². The Morgan fingerprint density at radius 3 is 1.59 bits per heavy atom. The summed E-state index contributed by atoms with van der Waals surface area (Å²) in [6.07, 6.45) is 12.4. The Kier molecular flexibility index (Phi) is 3.24. The van der Waals surface area contributed by atoms with Crippen LogP contribution in [0.15, 0.2) is 72.8 Å². The van der Waals surface area contributed by atoms with Crippen LogP contribution in [0.3, 0.4) is 0 Å². The van der Waals surface area contributed by atoms with Gasteiger partial charge in [-0.05, 0) is 42.5 Å². The van der Waals surface area contributed by atoms with Gasteiger partial charge >= 0.3 is 0 Å². The first-order valence-electron chi connectivity index (χ1n) is 8.01. The number of hydrogen-bond acceptors (Lipinski definition) is 1. The third-order valence-electron chi connectivity index (χ3n) is 4.82. The summed E-state index contributed by atoms with van der Waals surface area (Å²) in [6.45, 7) is 0. The minimum atomic E-state index is -0.0753. The van der Waals surface area contributed by atoms with Crippen LogP contribution in [0.2, 0.25) is 0 Å². The molecule has 1 saturated carbocycles. The maximum Gasteiger partial charge on any atom is 0.120 e. The normalized spacial score (nSPS) is 30.0. The molecular weight excluding hydrogens is 268 g/mol. The number of benzene rings is 2. The van der Waals surface area contributed by atoms with Gasteiger partial charge in [0.1, 0.15) is 11.2 Å². The molecule has 1 aliphatic carbocycles. The van der Waals surface area contributed by atoms with Crippen molar-refractivity contribution in [3.8, 4) is 0 Å². The molecule has 0 N–H and O–H groups in total. The Morgan fingerprint density at radius 2 is 1.14 bits per heavy atom. The Labute approximate surface area is 131 Å². The number of hydrogen-bond donors (Lipinski definition) is 0. The van der Waals surface area contributed by atoms with Crippen molar-refractivity contribution in [3.05, 3.63) is 83.9 Å². The van der Waals surface area contributed by atoms with Crippen molar-refractivity contribution in [2.45, 2.75) is 30.5 Å². The molecule has 2 aromatic carbocycles. The van der Waals surface area contributed by atoms with Crippen molar-refractivity contribution in [3.63, 3.8) is 0 Å². The van der Waals surface area contributed by atoms with Crippen LogP contribution in [0, 0.1) is 0 Å². The van der Waals surface area contributed by atoms with Gasteiger partial charge in [0.2, 0.25) is 0 Å². The van der Waals surface area contributed by atoms with Gasteiger partial charge in [0.15, 0.2) is 0 Å². The van der Waals surface area contributed by atoms with E-state index in [0.717, 1.165) is 12.8 Å². The molecule has 22 heavy (non-hydrogen) atoms. The third kappa shape index (κ3) is 2.32. The molecule has 4 rings (SSSR count). The largest absolute Gasteiger partial charge is 0.354 e. The van der Waals surface area contributed by atoms with Crippen LogP contribution in [0.25, 0.3) is 12.2 Å². The van der Waals surface area contributed by atoms with E-state index in [9.17, 15) is 0 Å². The summed E-state index contributed by atoms with van der Waals surface area (Å²) >= 11 is 0. The fraction of sp³-hybridized carbons (Fsp3) is 0.238. The highest BCUT2D eigenvalue weighted by Crippen LogP contribution is 2.61. The van der Waals surface area contributed by atoms with Gasteiger partial charge in [0.05, 0.1) is 0 Å². The monoisotopic (exact) mass is 288 g/mol. The highest BCUT2D eigenvalue weighted by molar-refractivity contribution is 5.57. The molecule has 2 atom stereocenters. The van der Waals surface area contributed by atoms with Crippen molar-refractivity contribution in [1.82, 2.24) is 0 Å². The van der Waals surface area contributed by atoms with Crippen LogP contribution >= 0.6 is 0 Å². The zero-order chi connectivity index (χ0) is 14.9. The van der Waals surface area contributed by atoms with E-state index in [4.69, 9.17) is 4.74 Å². The topological polar surface area (TPSA) is 12.5 Å². The Bertz CT molecular complexity index is 640. The molecule has 0 spiro atoms. The van der Waals surface area contributed by atoms with E-state index in [2.05, 4.69) is 72.8 Å². The molecule has 2 aliphatic rings. The minimum absolute atomic E-state index is 0.0753. The Hall–Kier alpha value is -2.12. The first-order valence-corrected chi connectivity index (χ1v) is 8.01. The zero-order valence-electron chi connectivity index (χ0n) is 12.6. The molecule has 1 aliphatic heterocycles. The predicted molar refractivity (Wildman–Crippen MR) is 91.4 cm³/mol. The molecule has 0 amide bonds. The van der Waals surface area contributed by atoms with Crippen molar-refractivity contribution in [1.29, 1.82) is 0 Å². The summed E-state index contributed by atoms with van der Waals surface area (Å²) in [5.74, 6) is 0. The molecule has 1 heterocycles. The fourth-order valence-electron chi connectivity index (χ4n) is 3.55. The molecule has 1 heteroatoms. The lowest BCUT2D eigenvalue weighted by Crippen LogP contribution is -2.14. The van der Waals surface area contributed by atoms with Gasteiger partial charge in [0.25, 0.3) is 0 Å². The molecule has 2 aromatic rings. The number of fused-ring (bicyclic) bond motifs is 1. The van der Waals surface area contributed by atoms with E-state index in [0.29, 0.717) is 0 Å². The van der Waals surface area contributed by atoms with E-state index >= 15 is 0 Å². The van der Waals surface area contributed by atoms with Crippen LogP contribution in [0.4, 0.5) is 0 Å². The number of rotatable bonds is 4. The lowest BCUT2D eigenvalue weighted by atomic mass is 9.94. The third-order valence-corrected chi connectivity index (χ3v) is 4.82. The van der Waals surface area contributed by atoms with E-state index in [1.165, 1.54) is 17.5 Å². The lowest BCUT2D eigenvalue weighted by molar-refractivity contribution is 0.258. The molecule has 0 radical (unpaired) electrons. The zero-order valence-corrected chi connectivity index (χ0v) is 12.6. The first kappa shape index (κ1) is 13.5. The van der Waals surface area contributed by atoms with Crippen molar-refractivity contribution >= 4 is 12.2 Å². The van der Waals surface area contributed by atoms with Gasteiger partial charge in [-0.3, -0.25) is 0 Å². The average Bonchev–Trinajstić information content (AvgIpc) is 3.08. The van der Waals surface area contributed by atoms with E-state index < -0.39 is 0 Å². The van der Waals surface area contributed by atoms with Crippen LogP contribution in [-0.4, -0.2) is 11.2 Å². The van der Waals surface area contributed by atoms with Gasteiger partial charge in [-0.2, -0.15) is 0 Å². The highest BCUT2D eigenvalue weighted by atomic mass is 16.6. The molecule has 110 valence electrons. The highest BCUT2D eigenvalue weighted by Gasteiger charge is 2.69. The fourth-order valence-corrected chi connectivity index (χ4v) is 3.55. The second-order valence-electron chi connectivity index (χ2n) is 6.22. The summed E-state index contributed by atoms with van der Waals surface area (Å²) < 4.78 is 6.20. The second-order valence-corrected chi connectivity index (χ2v) is 6.22. The maximum absolute atomic E-state index is 6.20. The maximum atomic E-state index is 6.20. The van der Waals surface area contributed by atoms with Gasteiger partial charge in [0, 0.05) is 0 Å². The van der Waals surface area contributed by atoms with E-state index in [1.807, 2.05) is 12.1 Å². The van der Waals surface area contributed by atoms with Crippen LogP contribution in [0.5, 0.6) is 0 Å². The van der Waals surface area contributed by atoms with Crippen LogP contribution in [0.1, 0.15) is 30.4 Å². The van der Waals surface area contributed by atoms with Crippen LogP contribution in [-0.2, 0) is 4.74 Å². The Balaban J connectivity index is 1.54. The smallest absolute Gasteiger partial charge is 0.120 e. The van der Waals surface area contributed by atoms with Crippen LogP contribution < -0.4 is 0 Å². The number of epoxide rings is 1. The van der Waals surface area contributed by atoms with Crippen molar-refractivity contribution in [2.24, 2.45) is 0 Å². The quantitative estimate of drug-likeness (QED) is 0.713. The minimum Gasteiger partial charge on any atom is -0.354 e. The average molecular weight is 288 g/mol. The molecule has 1 nitrogen and oxygen atoms in total. The molecule has 1 saturated heterocycles. The molecule has 2 unspecified atom stereocenters. The number of ether oxygens (including phenoxy) is 1. The van der Waals surface area contributed by atoms with Gasteiger partial charge in [-0.25, -0.2) is 0 Å². The summed E-state index contributed by atoms with van der Waals surface area (Å²) in [5.41, 5.74) is 2.32. The Morgan fingerprint density at radius 1 is 0.682 bits per heavy atom.